The Morgan fingerprint density at radius 1 is 1.05 bits per heavy atom. The zero-order chi connectivity index (χ0) is 14.5. The monoisotopic (exact) mass is 280 g/mol. The highest BCUT2D eigenvalue weighted by Gasteiger charge is 2.17. The second-order valence-electron chi connectivity index (χ2n) is 5.81. The van der Waals surface area contributed by atoms with Gasteiger partial charge < -0.3 is 10.2 Å². The Balaban J connectivity index is 1.43. The second kappa shape index (κ2) is 6.77. The molecule has 2 aromatic rings. The van der Waals surface area contributed by atoms with Gasteiger partial charge in [0.1, 0.15) is 0 Å². The number of fused-ring (bicyclic) bond motifs is 1. The molecule has 1 aliphatic heterocycles. The lowest BCUT2D eigenvalue weighted by Gasteiger charge is -2.20. The highest BCUT2D eigenvalue weighted by Crippen LogP contribution is 2.27. The van der Waals surface area contributed by atoms with Crippen molar-refractivity contribution in [2.24, 2.45) is 0 Å². The van der Waals surface area contributed by atoms with E-state index in [0.29, 0.717) is 6.04 Å². The van der Waals surface area contributed by atoms with Crippen molar-refractivity contribution < 1.29 is 0 Å². The maximum atomic E-state index is 3.62. The number of rotatable bonds is 6. The van der Waals surface area contributed by atoms with Crippen LogP contribution in [0.2, 0.25) is 0 Å². The van der Waals surface area contributed by atoms with Crippen LogP contribution in [0.4, 0.5) is 5.69 Å². The summed E-state index contributed by atoms with van der Waals surface area (Å²) in [6, 6.07) is 19.9. The van der Waals surface area contributed by atoms with Crippen LogP contribution in [0.3, 0.4) is 0 Å². The zero-order valence-electron chi connectivity index (χ0n) is 12.8. The highest BCUT2D eigenvalue weighted by molar-refractivity contribution is 5.57. The van der Waals surface area contributed by atoms with E-state index in [1.807, 2.05) is 0 Å². The molecule has 2 aromatic carbocycles. The molecule has 0 bridgehead atoms. The molecule has 1 atom stereocenters. The summed E-state index contributed by atoms with van der Waals surface area (Å²) in [6.07, 6.45) is 2.38. The summed E-state index contributed by atoms with van der Waals surface area (Å²) in [5.41, 5.74) is 4.31. The third-order valence-corrected chi connectivity index (χ3v) is 4.34. The number of nitrogens with zero attached hydrogens (tertiary/aromatic N) is 1. The third kappa shape index (κ3) is 3.45. The number of para-hydroxylation sites is 1. The molecule has 0 spiro atoms. The molecule has 0 saturated heterocycles. The molecule has 0 radical (unpaired) electrons. The van der Waals surface area contributed by atoms with Gasteiger partial charge in [-0.25, -0.2) is 0 Å². The van der Waals surface area contributed by atoms with Crippen LogP contribution in [-0.4, -0.2) is 19.6 Å². The summed E-state index contributed by atoms with van der Waals surface area (Å²) in [5, 5.41) is 3.62. The van der Waals surface area contributed by atoms with E-state index >= 15 is 0 Å². The molecular formula is C19H24N2. The first-order valence-corrected chi connectivity index (χ1v) is 7.96. The molecule has 110 valence electrons. The van der Waals surface area contributed by atoms with Gasteiger partial charge in [0.05, 0.1) is 0 Å². The Morgan fingerprint density at radius 2 is 1.81 bits per heavy atom. The normalized spacial score (nSPS) is 15.0. The maximum absolute atomic E-state index is 3.62. The minimum atomic E-state index is 0.428. The fourth-order valence-electron chi connectivity index (χ4n) is 3.09. The quantitative estimate of drug-likeness (QED) is 0.810. The largest absolute Gasteiger partial charge is 0.371 e. The van der Waals surface area contributed by atoms with Crippen LogP contribution in [0.15, 0.2) is 54.6 Å². The van der Waals surface area contributed by atoms with Crippen LogP contribution < -0.4 is 10.2 Å². The summed E-state index contributed by atoms with van der Waals surface area (Å²) in [5.74, 6) is 0. The van der Waals surface area contributed by atoms with E-state index in [9.17, 15) is 0 Å². The van der Waals surface area contributed by atoms with Crippen molar-refractivity contribution >= 4 is 5.69 Å². The topological polar surface area (TPSA) is 15.3 Å². The van der Waals surface area contributed by atoms with E-state index < -0.39 is 0 Å². The number of hydrogen-bond acceptors (Lipinski definition) is 2. The average Bonchev–Trinajstić information content (AvgIpc) is 2.95. The van der Waals surface area contributed by atoms with Gasteiger partial charge in [0.25, 0.3) is 0 Å². The number of hydrogen-bond donors (Lipinski definition) is 1. The summed E-state index contributed by atoms with van der Waals surface area (Å²) in [7, 11) is 0. The molecule has 3 rings (SSSR count). The minimum Gasteiger partial charge on any atom is -0.371 e. The minimum absolute atomic E-state index is 0.428. The van der Waals surface area contributed by atoms with Gasteiger partial charge in [0.15, 0.2) is 0 Å². The van der Waals surface area contributed by atoms with Gasteiger partial charge >= 0.3 is 0 Å². The van der Waals surface area contributed by atoms with Crippen molar-refractivity contribution in [3.05, 3.63) is 65.7 Å². The van der Waals surface area contributed by atoms with Crippen LogP contribution in [0, 0.1) is 0 Å². The predicted octanol–water partition coefficient (Wildman–Crippen LogP) is 3.79. The summed E-state index contributed by atoms with van der Waals surface area (Å²) in [6.45, 7) is 5.62. The zero-order valence-corrected chi connectivity index (χ0v) is 12.8. The van der Waals surface area contributed by atoms with Gasteiger partial charge in [-0.3, -0.25) is 0 Å². The first-order valence-electron chi connectivity index (χ1n) is 7.96. The molecule has 21 heavy (non-hydrogen) atoms. The summed E-state index contributed by atoms with van der Waals surface area (Å²) < 4.78 is 0. The first kappa shape index (κ1) is 14.2. The van der Waals surface area contributed by atoms with Gasteiger partial charge in [0, 0.05) is 24.8 Å². The van der Waals surface area contributed by atoms with Crippen LogP contribution >= 0.6 is 0 Å². The molecule has 1 N–H and O–H groups in total. The lowest BCUT2D eigenvalue weighted by molar-refractivity contribution is 0.556. The lowest BCUT2D eigenvalue weighted by atomic mass is 10.1. The van der Waals surface area contributed by atoms with Crippen LogP contribution in [-0.2, 0) is 6.42 Å². The van der Waals surface area contributed by atoms with Crippen molar-refractivity contribution in [1.29, 1.82) is 0 Å². The number of benzene rings is 2. The molecule has 0 saturated carbocycles. The van der Waals surface area contributed by atoms with E-state index in [1.54, 1.807) is 0 Å². The Labute approximate surface area is 127 Å². The smallest absolute Gasteiger partial charge is 0.0399 e. The fourth-order valence-corrected chi connectivity index (χ4v) is 3.09. The van der Waals surface area contributed by atoms with Crippen molar-refractivity contribution in [1.82, 2.24) is 5.32 Å². The van der Waals surface area contributed by atoms with E-state index in [0.717, 1.165) is 13.1 Å². The Bertz CT molecular complexity index is 565. The number of anilines is 1. The van der Waals surface area contributed by atoms with Gasteiger partial charge in [-0.05, 0) is 43.5 Å². The van der Waals surface area contributed by atoms with Crippen molar-refractivity contribution in [2.75, 3.05) is 24.5 Å². The maximum Gasteiger partial charge on any atom is 0.0399 e. The average molecular weight is 280 g/mol. The molecule has 1 aliphatic rings. The van der Waals surface area contributed by atoms with Crippen molar-refractivity contribution in [3.8, 4) is 0 Å². The van der Waals surface area contributed by atoms with Crippen LogP contribution in [0.5, 0.6) is 0 Å². The van der Waals surface area contributed by atoms with Crippen LogP contribution in [0.1, 0.15) is 30.5 Å². The van der Waals surface area contributed by atoms with Gasteiger partial charge in [-0.2, -0.15) is 0 Å². The van der Waals surface area contributed by atoms with E-state index in [2.05, 4.69) is 71.7 Å². The third-order valence-electron chi connectivity index (χ3n) is 4.34. The van der Waals surface area contributed by atoms with Crippen molar-refractivity contribution in [3.63, 3.8) is 0 Å². The summed E-state index contributed by atoms with van der Waals surface area (Å²) >= 11 is 0. The molecule has 0 aromatic heterocycles. The SMILES string of the molecule is CC(NCCCN1CCc2ccccc21)c1ccccc1. The molecule has 0 fully saturated rings. The van der Waals surface area contributed by atoms with E-state index in [4.69, 9.17) is 0 Å². The Hall–Kier alpha value is -1.80. The Kier molecular flexibility index (Phi) is 4.56. The molecular weight excluding hydrogens is 256 g/mol. The Morgan fingerprint density at radius 3 is 2.67 bits per heavy atom. The highest BCUT2D eigenvalue weighted by atomic mass is 15.1. The van der Waals surface area contributed by atoms with E-state index in [-0.39, 0.29) is 0 Å². The lowest BCUT2D eigenvalue weighted by Crippen LogP contribution is -2.27. The predicted molar refractivity (Wildman–Crippen MR) is 89.8 cm³/mol. The second-order valence-corrected chi connectivity index (χ2v) is 5.81. The summed E-state index contributed by atoms with van der Waals surface area (Å²) in [4.78, 5) is 2.52. The van der Waals surface area contributed by atoms with Crippen molar-refractivity contribution in [2.45, 2.75) is 25.8 Å². The molecule has 1 heterocycles. The van der Waals surface area contributed by atoms with E-state index in [1.165, 1.54) is 36.2 Å². The molecule has 1 unspecified atom stereocenters. The number of nitrogens with one attached hydrogen (secondary N) is 1. The van der Waals surface area contributed by atoms with Gasteiger partial charge in [0.2, 0.25) is 0 Å². The van der Waals surface area contributed by atoms with Gasteiger partial charge in [-0.1, -0.05) is 48.5 Å². The molecule has 2 heteroatoms. The first-order chi connectivity index (χ1) is 10.3. The molecule has 0 amide bonds. The van der Waals surface area contributed by atoms with Crippen LogP contribution in [0.25, 0.3) is 0 Å². The van der Waals surface area contributed by atoms with Gasteiger partial charge in [-0.15, -0.1) is 0 Å². The molecule has 2 nitrogen and oxygen atoms in total. The fraction of sp³-hybridized carbons (Fsp3) is 0.368. The standard InChI is InChI=1S/C19H24N2/c1-16(17-8-3-2-4-9-17)20-13-7-14-21-15-12-18-10-5-6-11-19(18)21/h2-6,8-11,16,20H,7,12-15H2,1H3. The molecule has 0 aliphatic carbocycles.